The van der Waals surface area contributed by atoms with Crippen molar-refractivity contribution in [2.45, 2.75) is 0 Å². The molecule has 2 aromatic heterocycles. The highest BCUT2D eigenvalue weighted by Gasteiger charge is 2.11. The van der Waals surface area contributed by atoms with Gasteiger partial charge in [0.2, 0.25) is 0 Å². The van der Waals surface area contributed by atoms with Crippen LogP contribution in [0.3, 0.4) is 0 Å². The Kier molecular flexibility index (Phi) is 2.96. The molecule has 1 aromatic carbocycles. The van der Waals surface area contributed by atoms with Gasteiger partial charge in [-0.2, -0.15) is 0 Å². The number of aromatic nitrogens is 3. The lowest BCUT2D eigenvalue weighted by Gasteiger charge is -2.09. The number of nitrogens with zero attached hydrogens (tertiary/aromatic N) is 3. The van der Waals surface area contributed by atoms with Crippen LogP contribution in [0, 0.1) is 0 Å². The van der Waals surface area contributed by atoms with Crippen LogP contribution in [0.1, 0.15) is 10.5 Å². The molecule has 0 aliphatic heterocycles. The van der Waals surface area contributed by atoms with E-state index >= 15 is 0 Å². The number of pyridine rings is 1. The van der Waals surface area contributed by atoms with Crippen LogP contribution in [0.15, 0.2) is 49.1 Å². The lowest BCUT2D eigenvalue weighted by molar-refractivity contribution is 0.0691. The summed E-state index contributed by atoms with van der Waals surface area (Å²) < 4.78 is 0. The highest BCUT2D eigenvalue weighted by atomic mass is 16.4. The average molecular weight is 266 g/mol. The van der Waals surface area contributed by atoms with E-state index in [2.05, 4.69) is 20.3 Å². The summed E-state index contributed by atoms with van der Waals surface area (Å²) in [7, 11) is 0. The van der Waals surface area contributed by atoms with Crippen molar-refractivity contribution < 1.29 is 9.90 Å². The first-order valence-electron chi connectivity index (χ1n) is 5.89. The summed E-state index contributed by atoms with van der Waals surface area (Å²) in [6.07, 6.45) is 4.61. The summed E-state index contributed by atoms with van der Waals surface area (Å²) >= 11 is 0. The number of rotatable bonds is 3. The summed E-state index contributed by atoms with van der Waals surface area (Å²) in [5, 5.41) is 13.8. The normalized spacial score (nSPS) is 10.4. The molecule has 3 aromatic rings. The summed E-state index contributed by atoms with van der Waals surface area (Å²) in [5.41, 5.74) is 0.635. The van der Waals surface area contributed by atoms with E-state index in [1.165, 1.54) is 6.33 Å². The molecule has 98 valence electrons. The van der Waals surface area contributed by atoms with E-state index in [-0.39, 0.29) is 5.69 Å². The SMILES string of the molecule is O=C(O)c1cc2ccccc2c(Nc2cncnc2)n1. The van der Waals surface area contributed by atoms with Gasteiger partial charge in [-0.05, 0) is 11.5 Å². The largest absolute Gasteiger partial charge is 0.477 e. The van der Waals surface area contributed by atoms with E-state index in [0.29, 0.717) is 11.5 Å². The minimum Gasteiger partial charge on any atom is -0.477 e. The van der Waals surface area contributed by atoms with Crippen LogP contribution >= 0.6 is 0 Å². The fourth-order valence-corrected chi connectivity index (χ4v) is 1.90. The zero-order valence-corrected chi connectivity index (χ0v) is 10.3. The Morgan fingerprint density at radius 3 is 2.65 bits per heavy atom. The molecule has 2 N–H and O–H groups in total. The molecule has 2 heterocycles. The van der Waals surface area contributed by atoms with Crippen molar-refractivity contribution in [3.05, 3.63) is 54.7 Å². The van der Waals surface area contributed by atoms with E-state index in [1.54, 1.807) is 18.5 Å². The first-order valence-corrected chi connectivity index (χ1v) is 5.89. The second-order valence-electron chi connectivity index (χ2n) is 4.13. The minimum absolute atomic E-state index is 0.0111. The molecule has 0 unspecified atom stereocenters. The topological polar surface area (TPSA) is 88.0 Å². The van der Waals surface area contributed by atoms with Gasteiger partial charge in [0.1, 0.15) is 12.1 Å². The molecule has 0 spiro atoms. The van der Waals surface area contributed by atoms with Crippen LogP contribution < -0.4 is 5.32 Å². The molecular weight excluding hydrogens is 256 g/mol. The summed E-state index contributed by atoms with van der Waals surface area (Å²) in [6.45, 7) is 0. The summed E-state index contributed by atoms with van der Waals surface area (Å²) in [6, 6.07) is 8.99. The zero-order chi connectivity index (χ0) is 13.9. The Morgan fingerprint density at radius 1 is 1.15 bits per heavy atom. The molecule has 0 radical (unpaired) electrons. The third kappa shape index (κ3) is 2.26. The highest BCUT2D eigenvalue weighted by molar-refractivity contribution is 5.98. The van der Waals surface area contributed by atoms with Crippen molar-refractivity contribution in [2.24, 2.45) is 0 Å². The maximum atomic E-state index is 11.1. The Bertz CT molecular complexity index is 774. The molecule has 0 saturated heterocycles. The van der Waals surface area contributed by atoms with Crippen molar-refractivity contribution >= 4 is 28.2 Å². The van der Waals surface area contributed by atoms with Crippen LogP contribution in [-0.2, 0) is 0 Å². The van der Waals surface area contributed by atoms with Gasteiger partial charge in [0, 0.05) is 5.39 Å². The number of nitrogens with one attached hydrogen (secondary N) is 1. The molecule has 0 fully saturated rings. The lowest BCUT2D eigenvalue weighted by atomic mass is 10.1. The van der Waals surface area contributed by atoms with Gasteiger partial charge in [0.05, 0.1) is 18.1 Å². The number of benzene rings is 1. The monoisotopic (exact) mass is 266 g/mol. The fourth-order valence-electron chi connectivity index (χ4n) is 1.90. The second kappa shape index (κ2) is 4.93. The number of carboxylic acids is 1. The first-order chi connectivity index (χ1) is 9.74. The van der Waals surface area contributed by atoms with Gasteiger partial charge in [0.25, 0.3) is 0 Å². The molecule has 6 nitrogen and oxygen atoms in total. The number of carboxylic acid groups (broad SMARTS) is 1. The molecule has 0 aliphatic carbocycles. The maximum Gasteiger partial charge on any atom is 0.354 e. The van der Waals surface area contributed by atoms with E-state index in [9.17, 15) is 4.79 Å². The molecule has 0 saturated carbocycles. The summed E-state index contributed by atoms with van der Waals surface area (Å²) in [4.78, 5) is 23.1. The standard InChI is InChI=1S/C14H10N4O2/c19-14(20)12-5-9-3-1-2-4-11(9)13(18-12)17-10-6-15-8-16-7-10/h1-8H,(H,17,18)(H,19,20). The predicted octanol–water partition coefficient (Wildman–Crippen LogP) is 2.47. The number of carbonyl (C=O) groups is 1. The highest BCUT2D eigenvalue weighted by Crippen LogP contribution is 2.25. The smallest absolute Gasteiger partial charge is 0.354 e. The van der Waals surface area contributed by atoms with Gasteiger partial charge in [-0.3, -0.25) is 0 Å². The Morgan fingerprint density at radius 2 is 1.90 bits per heavy atom. The molecule has 0 atom stereocenters. The van der Waals surface area contributed by atoms with E-state index in [0.717, 1.165) is 10.8 Å². The maximum absolute atomic E-state index is 11.1. The van der Waals surface area contributed by atoms with Crippen LogP contribution in [0.5, 0.6) is 0 Å². The van der Waals surface area contributed by atoms with Crippen molar-refractivity contribution in [1.29, 1.82) is 0 Å². The van der Waals surface area contributed by atoms with E-state index < -0.39 is 5.97 Å². The van der Waals surface area contributed by atoms with Crippen molar-refractivity contribution in [1.82, 2.24) is 15.0 Å². The van der Waals surface area contributed by atoms with Crippen molar-refractivity contribution in [2.75, 3.05) is 5.32 Å². The van der Waals surface area contributed by atoms with Crippen molar-refractivity contribution in [3.8, 4) is 0 Å². The van der Waals surface area contributed by atoms with Gasteiger partial charge in [-0.25, -0.2) is 19.7 Å². The van der Waals surface area contributed by atoms with Crippen LogP contribution in [0.4, 0.5) is 11.5 Å². The van der Waals surface area contributed by atoms with Gasteiger partial charge in [0.15, 0.2) is 5.69 Å². The van der Waals surface area contributed by atoms with Crippen LogP contribution in [0.2, 0.25) is 0 Å². The third-order valence-corrected chi connectivity index (χ3v) is 2.78. The molecule has 0 amide bonds. The number of hydrogen-bond acceptors (Lipinski definition) is 5. The number of anilines is 2. The number of hydrogen-bond donors (Lipinski definition) is 2. The second-order valence-corrected chi connectivity index (χ2v) is 4.13. The van der Waals surface area contributed by atoms with Gasteiger partial charge in [-0.15, -0.1) is 0 Å². The lowest BCUT2D eigenvalue weighted by Crippen LogP contribution is -2.04. The molecule has 3 rings (SSSR count). The zero-order valence-electron chi connectivity index (χ0n) is 10.3. The minimum atomic E-state index is -1.07. The fraction of sp³-hybridized carbons (Fsp3) is 0. The van der Waals surface area contributed by atoms with Gasteiger partial charge in [-0.1, -0.05) is 24.3 Å². The Hall–Kier alpha value is -3.02. The molecule has 6 heteroatoms. The molecule has 0 aliphatic rings. The first kappa shape index (κ1) is 12.0. The molecular formula is C14H10N4O2. The Balaban J connectivity index is 2.15. The van der Waals surface area contributed by atoms with Gasteiger partial charge < -0.3 is 10.4 Å². The Labute approximate surface area is 114 Å². The quantitative estimate of drug-likeness (QED) is 0.757. The average Bonchev–Trinajstić information content (AvgIpc) is 2.48. The van der Waals surface area contributed by atoms with Crippen LogP contribution in [-0.4, -0.2) is 26.0 Å². The molecule has 0 bridgehead atoms. The third-order valence-electron chi connectivity index (χ3n) is 2.78. The van der Waals surface area contributed by atoms with Crippen molar-refractivity contribution in [3.63, 3.8) is 0 Å². The van der Waals surface area contributed by atoms with E-state index in [4.69, 9.17) is 5.11 Å². The number of aromatic carboxylic acids is 1. The van der Waals surface area contributed by atoms with Crippen LogP contribution in [0.25, 0.3) is 10.8 Å². The summed E-state index contributed by atoms with van der Waals surface area (Å²) in [5.74, 6) is -0.599. The number of fused-ring (bicyclic) bond motifs is 1. The van der Waals surface area contributed by atoms with E-state index in [1.807, 2.05) is 24.3 Å². The van der Waals surface area contributed by atoms with Gasteiger partial charge >= 0.3 is 5.97 Å². The molecule has 20 heavy (non-hydrogen) atoms. The predicted molar refractivity (Wildman–Crippen MR) is 74.0 cm³/mol.